The van der Waals surface area contributed by atoms with Crippen molar-refractivity contribution >= 4 is 28.8 Å². The predicted octanol–water partition coefficient (Wildman–Crippen LogP) is 4.78. The van der Waals surface area contributed by atoms with E-state index in [1.165, 1.54) is 11.8 Å². The topological polar surface area (TPSA) is 89.5 Å². The van der Waals surface area contributed by atoms with Crippen molar-refractivity contribution in [2.45, 2.75) is 59.6 Å². The van der Waals surface area contributed by atoms with Gasteiger partial charge in [-0.3, -0.25) is 4.79 Å². The Morgan fingerprint density at radius 1 is 1.17 bits per heavy atom. The van der Waals surface area contributed by atoms with Crippen LogP contribution in [0.4, 0.5) is 0 Å². The first-order chi connectivity index (χ1) is 16.4. The molecule has 9 heteroatoms. The zero-order valence-electron chi connectivity index (χ0n) is 21.7. The minimum atomic E-state index is -0.675. The van der Waals surface area contributed by atoms with Gasteiger partial charge in [-0.05, 0) is 56.7 Å². The highest BCUT2D eigenvalue weighted by atomic mass is 32.2. The van der Waals surface area contributed by atoms with E-state index >= 15 is 0 Å². The van der Waals surface area contributed by atoms with E-state index in [2.05, 4.69) is 5.32 Å². The molecule has 1 aromatic rings. The van der Waals surface area contributed by atoms with E-state index in [0.717, 1.165) is 11.3 Å². The number of carbonyl (C=O) groups is 2. The van der Waals surface area contributed by atoms with Gasteiger partial charge in [-0.2, -0.15) is 0 Å². The van der Waals surface area contributed by atoms with Gasteiger partial charge in [-0.25, -0.2) is 9.79 Å². The number of nitrogens with zero attached hydrogens (tertiary/aromatic N) is 2. The van der Waals surface area contributed by atoms with E-state index in [4.69, 9.17) is 19.2 Å². The summed E-state index contributed by atoms with van der Waals surface area (Å²) in [7, 11) is 3.15. The average molecular weight is 502 g/mol. The van der Waals surface area contributed by atoms with Crippen molar-refractivity contribution in [3.05, 3.63) is 46.1 Å². The Hall–Kier alpha value is -2.94. The number of amides is 1. The van der Waals surface area contributed by atoms with E-state index in [1.54, 1.807) is 14.2 Å². The summed E-state index contributed by atoms with van der Waals surface area (Å²) in [6.07, 6.45) is 0.170. The maximum atomic E-state index is 13.4. The molecule has 0 saturated carbocycles. The summed E-state index contributed by atoms with van der Waals surface area (Å²) in [6.45, 7) is 12.0. The number of allylic oxidation sites excluding steroid dienone is 1. The van der Waals surface area contributed by atoms with Gasteiger partial charge in [0.25, 0.3) is 0 Å². The summed E-state index contributed by atoms with van der Waals surface area (Å²) in [5, 5.41) is 5.60. The number of aliphatic imine (C=N–C) groups is 1. The molecule has 0 aromatic heterocycles. The molecule has 1 unspecified atom stereocenters. The number of fused-ring (bicyclic) bond motifs is 1. The second-order valence-corrected chi connectivity index (χ2v) is 10.7. The van der Waals surface area contributed by atoms with Crippen LogP contribution in [0.1, 0.15) is 59.6 Å². The molecule has 0 aliphatic carbocycles. The van der Waals surface area contributed by atoms with Crippen LogP contribution >= 0.6 is 11.8 Å². The number of benzene rings is 1. The van der Waals surface area contributed by atoms with E-state index in [-0.39, 0.29) is 12.3 Å². The molecule has 1 N–H and O–H groups in total. The molecule has 3 rings (SSSR count). The minimum absolute atomic E-state index is 0.0806. The van der Waals surface area contributed by atoms with Gasteiger partial charge in [0, 0.05) is 12.2 Å². The number of nitrogens with one attached hydrogen (secondary N) is 1. The number of rotatable bonds is 8. The number of thioether (sulfide) groups is 1. The number of amidine groups is 1. The van der Waals surface area contributed by atoms with Crippen LogP contribution in [-0.4, -0.2) is 48.3 Å². The first-order valence-electron chi connectivity index (χ1n) is 11.6. The van der Waals surface area contributed by atoms with Crippen LogP contribution in [0.5, 0.6) is 11.5 Å². The Labute approximate surface area is 211 Å². The molecular formula is C26H35N3O5S. The van der Waals surface area contributed by atoms with Crippen LogP contribution in [0.25, 0.3) is 0 Å². The predicted molar refractivity (Wildman–Crippen MR) is 138 cm³/mol. The van der Waals surface area contributed by atoms with Gasteiger partial charge in [-0.15, -0.1) is 0 Å². The molecule has 35 heavy (non-hydrogen) atoms. The third-order valence-electron chi connectivity index (χ3n) is 5.39. The summed E-state index contributed by atoms with van der Waals surface area (Å²) >= 11 is 1.44. The van der Waals surface area contributed by atoms with E-state index in [1.807, 2.05) is 70.0 Å². The second-order valence-electron chi connectivity index (χ2n) is 9.88. The van der Waals surface area contributed by atoms with Gasteiger partial charge in [0.2, 0.25) is 5.91 Å². The fourth-order valence-corrected chi connectivity index (χ4v) is 4.81. The number of esters is 1. The van der Waals surface area contributed by atoms with Crippen LogP contribution in [-0.2, 0) is 14.3 Å². The lowest BCUT2D eigenvalue weighted by Gasteiger charge is -2.37. The second kappa shape index (κ2) is 10.8. The normalized spacial score (nSPS) is 17.6. The summed E-state index contributed by atoms with van der Waals surface area (Å²) in [5.41, 5.74) is 1.89. The van der Waals surface area contributed by atoms with Crippen molar-refractivity contribution in [3.8, 4) is 11.5 Å². The molecule has 190 valence electrons. The summed E-state index contributed by atoms with van der Waals surface area (Å²) in [6, 6.07) is 5.01. The van der Waals surface area contributed by atoms with Gasteiger partial charge in [0.05, 0.1) is 38.0 Å². The maximum Gasteiger partial charge on any atom is 0.338 e. The van der Waals surface area contributed by atoms with Gasteiger partial charge < -0.3 is 24.4 Å². The Balaban J connectivity index is 2.07. The third-order valence-corrected chi connectivity index (χ3v) is 6.28. The van der Waals surface area contributed by atoms with Crippen LogP contribution in [0.15, 0.2) is 45.6 Å². The van der Waals surface area contributed by atoms with Crippen molar-refractivity contribution in [1.82, 2.24) is 10.2 Å². The molecule has 2 aliphatic heterocycles. The standard InChI is InChI=1S/C26H35N3O5S/c1-15(2)13-27-21(30)12-18-14-35-25-28-16(3)22(24(31)34-26(4,5)6)23(29(18)25)17-9-10-19(32-7)20(11-17)33-8/h9-11,14-15,23H,12-13H2,1-8H3,(H,27,30). The molecule has 1 aromatic carbocycles. The van der Waals surface area contributed by atoms with Gasteiger partial charge in [0.1, 0.15) is 5.60 Å². The first kappa shape index (κ1) is 26.7. The highest BCUT2D eigenvalue weighted by Gasteiger charge is 2.42. The molecule has 1 atom stereocenters. The van der Waals surface area contributed by atoms with E-state index in [9.17, 15) is 9.59 Å². The Bertz CT molecular complexity index is 1080. The highest BCUT2D eigenvalue weighted by molar-refractivity contribution is 8.16. The molecule has 2 heterocycles. The quantitative estimate of drug-likeness (QED) is 0.513. The summed E-state index contributed by atoms with van der Waals surface area (Å²) < 4.78 is 16.7. The molecular weight excluding hydrogens is 466 g/mol. The fraction of sp³-hybridized carbons (Fsp3) is 0.500. The molecule has 0 spiro atoms. The number of hydrogen-bond acceptors (Lipinski definition) is 8. The maximum absolute atomic E-state index is 13.4. The third kappa shape index (κ3) is 6.20. The lowest BCUT2D eigenvalue weighted by Crippen LogP contribution is -2.39. The smallest absolute Gasteiger partial charge is 0.338 e. The van der Waals surface area contributed by atoms with Crippen LogP contribution in [0, 0.1) is 5.92 Å². The van der Waals surface area contributed by atoms with Crippen molar-refractivity contribution in [2.75, 3.05) is 20.8 Å². The molecule has 1 amide bonds. The number of methoxy groups -OCH3 is 2. The molecule has 0 bridgehead atoms. The van der Waals surface area contributed by atoms with Crippen molar-refractivity contribution in [3.63, 3.8) is 0 Å². The van der Waals surface area contributed by atoms with Crippen molar-refractivity contribution in [2.24, 2.45) is 10.9 Å². The number of hydrogen-bond donors (Lipinski definition) is 1. The average Bonchev–Trinajstić information content (AvgIpc) is 3.16. The Morgan fingerprint density at radius 2 is 1.86 bits per heavy atom. The first-order valence-corrected chi connectivity index (χ1v) is 12.5. The molecule has 0 fully saturated rings. The van der Waals surface area contributed by atoms with E-state index < -0.39 is 17.6 Å². The monoisotopic (exact) mass is 501 g/mol. The SMILES string of the molecule is COc1ccc(C2C(C(=O)OC(C)(C)C)=C(C)N=C3SC=C(CC(=O)NCC(C)C)N32)cc1OC. The van der Waals surface area contributed by atoms with Gasteiger partial charge in [-0.1, -0.05) is 31.7 Å². The largest absolute Gasteiger partial charge is 0.493 e. The van der Waals surface area contributed by atoms with Gasteiger partial charge >= 0.3 is 5.97 Å². The zero-order chi connectivity index (χ0) is 25.9. The lowest BCUT2D eigenvalue weighted by molar-refractivity contribution is -0.150. The van der Waals surface area contributed by atoms with Gasteiger partial charge in [0.15, 0.2) is 16.7 Å². The van der Waals surface area contributed by atoms with Crippen LogP contribution < -0.4 is 14.8 Å². The van der Waals surface area contributed by atoms with Crippen LogP contribution in [0.3, 0.4) is 0 Å². The summed E-state index contributed by atoms with van der Waals surface area (Å²) in [5.74, 6) is 0.949. The molecule has 0 radical (unpaired) electrons. The number of carbonyl (C=O) groups excluding carboxylic acids is 2. The lowest BCUT2D eigenvalue weighted by atomic mass is 9.93. The van der Waals surface area contributed by atoms with Crippen molar-refractivity contribution in [1.29, 1.82) is 0 Å². The summed E-state index contributed by atoms with van der Waals surface area (Å²) in [4.78, 5) is 32.8. The highest BCUT2D eigenvalue weighted by Crippen LogP contribution is 2.46. The Morgan fingerprint density at radius 3 is 2.46 bits per heavy atom. The minimum Gasteiger partial charge on any atom is -0.493 e. The van der Waals surface area contributed by atoms with Crippen LogP contribution in [0.2, 0.25) is 0 Å². The van der Waals surface area contributed by atoms with Crippen molar-refractivity contribution < 1.29 is 23.8 Å². The number of ether oxygens (including phenoxy) is 3. The molecule has 8 nitrogen and oxygen atoms in total. The van der Waals surface area contributed by atoms with E-state index in [0.29, 0.717) is 40.4 Å². The fourth-order valence-electron chi connectivity index (χ4n) is 3.85. The molecule has 2 aliphatic rings. The Kier molecular flexibility index (Phi) is 8.20. The molecule has 0 saturated heterocycles. The zero-order valence-corrected chi connectivity index (χ0v) is 22.5.